The van der Waals surface area contributed by atoms with E-state index in [1.165, 1.54) is 0 Å². The van der Waals surface area contributed by atoms with Crippen molar-refractivity contribution in [3.8, 4) is 75.0 Å². The minimum absolute atomic E-state index is 0.343. The summed E-state index contributed by atoms with van der Waals surface area (Å²) in [5, 5.41) is 43.1. The molecule has 0 bridgehead atoms. The first-order valence-corrected chi connectivity index (χ1v) is 24.9. The lowest BCUT2D eigenvalue weighted by Crippen LogP contribution is -2.09. The molecule has 0 atom stereocenters. The zero-order chi connectivity index (χ0) is 52.2. The van der Waals surface area contributed by atoms with Crippen LogP contribution in [-0.2, 0) is 0 Å². The first kappa shape index (κ1) is 46.7. The number of para-hydroxylation sites is 4. The van der Waals surface area contributed by atoms with Crippen LogP contribution in [0.2, 0.25) is 0 Å². The zero-order valence-electron chi connectivity index (χ0n) is 41.2. The molecule has 0 aliphatic carbocycles. The van der Waals surface area contributed by atoms with Gasteiger partial charge in [-0.25, -0.2) is 9.97 Å². The quantitative estimate of drug-likeness (QED) is 0.125. The van der Waals surface area contributed by atoms with Gasteiger partial charge in [-0.1, -0.05) is 109 Å². The molecule has 0 saturated heterocycles. The van der Waals surface area contributed by atoms with E-state index in [1.807, 2.05) is 140 Å². The van der Waals surface area contributed by atoms with Crippen LogP contribution in [0.1, 0.15) is 22.3 Å². The summed E-state index contributed by atoms with van der Waals surface area (Å²) in [6, 6.07) is 91.3. The number of hydrogen-bond acceptors (Lipinski definition) is 8. The average molecular weight is 984 g/mol. The van der Waals surface area contributed by atoms with Gasteiger partial charge in [-0.05, 0) is 151 Å². The van der Waals surface area contributed by atoms with E-state index in [4.69, 9.17) is 9.97 Å². The topological polar surface area (TPSA) is 132 Å². The number of nitriles is 4. The van der Waals surface area contributed by atoms with Gasteiger partial charge in [0.25, 0.3) is 0 Å². The number of benzene rings is 10. The standard InChI is InChI=1S/C68H41N9/c69-42-46-21-25-49(26-22-46)63-41-64(74-68(73-63)51-27-23-47(43-70)24-28-51)50-31-29-48(30-32-50)52-37-53(44-71)67(54(38-52)45-72)77-65-35-33-59(75(55-13-5-1-6-14-55)56-15-7-2-8-16-56)39-61(65)62-40-60(34-36-66(62)77)76(57-17-9-3-10-18-57)58-19-11-4-12-20-58/h1-41H. The van der Waals surface area contributed by atoms with Crippen LogP contribution < -0.4 is 9.80 Å². The maximum Gasteiger partial charge on any atom is 0.160 e. The SMILES string of the molecule is N#Cc1ccc(-c2cc(-c3ccc(-c4cc(C#N)c(-n5c6ccc(N(c7ccccc7)c7ccccc7)cc6c6cc(N(c7ccccc7)c7ccccc7)ccc65)c(C#N)c4)cc3)nc(-c3ccc(C#N)cc3)n2)cc1. The summed E-state index contributed by atoms with van der Waals surface area (Å²) in [6.07, 6.45) is 0. The monoisotopic (exact) mass is 983 g/mol. The molecule has 12 rings (SSSR count). The molecular formula is C68H41N9. The van der Waals surface area contributed by atoms with Crippen molar-refractivity contribution in [3.05, 3.63) is 271 Å². The molecule has 12 aromatic rings. The largest absolute Gasteiger partial charge is 0.310 e. The number of fused-ring (bicyclic) bond motifs is 3. The third-order valence-corrected chi connectivity index (χ3v) is 13.7. The maximum absolute atomic E-state index is 11.1. The lowest BCUT2D eigenvalue weighted by Gasteiger charge is -2.26. The molecule has 0 amide bonds. The van der Waals surface area contributed by atoms with Crippen molar-refractivity contribution in [2.45, 2.75) is 0 Å². The molecule has 0 fully saturated rings. The van der Waals surface area contributed by atoms with Crippen molar-refractivity contribution in [1.29, 1.82) is 21.0 Å². The molecular weight excluding hydrogens is 943 g/mol. The maximum atomic E-state index is 11.1. The Morgan fingerprint density at radius 1 is 0.312 bits per heavy atom. The summed E-state index contributed by atoms with van der Waals surface area (Å²) in [5.74, 6) is 0.482. The van der Waals surface area contributed by atoms with Gasteiger partial charge in [0.1, 0.15) is 12.1 Å². The first-order chi connectivity index (χ1) is 38.0. The van der Waals surface area contributed by atoms with Crippen LogP contribution in [-0.4, -0.2) is 14.5 Å². The molecule has 77 heavy (non-hydrogen) atoms. The Morgan fingerprint density at radius 2 is 0.675 bits per heavy atom. The fraction of sp³-hybridized carbons (Fsp3) is 0. The number of hydrogen-bond donors (Lipinski definition) is 0. The van der Waals surface area contributed by atoms with Crippen LogP contribution in [0.3, 0.4) is 0 Å². The first-order valence-electron chi connectivity index (χ1n) is 24.9. The summed E-state index contributed by atoms with van der Waals surface area (Å²) in [4.78, 5) is 14.4. The van der Waals surface area contributed by atoms with E-state index in [0.717, 1.165) is 78.2 Å². The third-order valence-electron chi connectivity index (χ3n) is 13.7. The molecule has 2 aromatic heterocycles. The molecule has 10 aromatic carbocycles. The van der Waals surface area contributed by atoms with Gasteiger partial charge in [0.05, 0.1) is 62.5 Å². The van der Waals surface area contributed by atoms with Crippen LogP contribution in [0.5, 0.6) is 0 Å². The van der Waals surface area contributed by atoms with Crippen molar-refractivity contribution in [1.82, 2.24) is 14.5 Å². The van der Waals surface area contributed by atoms with E-state index in [-0.39, 0.29) is 0 Å². The molecule has 9 nitrogen and oxygen atoms in total. The zero-order valence-corrected chi connectivity index (χ0v) is 41.2. The number of rotatable bonds is 11. The minimum Gasteiger partial charge on any atom is -0.310 e. The third kappa shape index (κ3) is 8.92. The number of nitrogens with zero attached hydrogens (tertiary/aromatic N) is 9. The second kappa shape index (κ2) is 20.3. The molecule has 0 aliphatic heterocycles. The second-order valence-corrected chi connectivity index (χ2v) is 18.3. The Morgan fingerprint density at radius 3 is 1.05 bits per heavy atom. The lowest BCUT2D eigenvalue weighted by molar-refractivity contribution is 1.15. The average Bonchev–Trinajstić information content (AvgIpc) is 3.83. The summed E-state index contributed by atoms with van der Waals surface area (Å²) in [7, 11) is 0. The van der Waals surface area contributed by atoms with Crippen LogP contribution in [0.25, 0.3) is 72.5 Å². The fourth-order valence-corrected chi connectivity index (χ4v) is 10.0. The highest BCUT2D eigenvalue weighted by atomic mass is 15.1. The fourth-order valence-electron chi connectivity index (χ4n) is 10.0. The van der Waals surface area contributed by atoms with E-state index in [0.29, 0.717) is 50.7 Å². The lowest BCUT2D eigenvalue weighted by atomic mass is 9.96. The Balaban J connectivity index is 1.000. The molecule has 0 N–H and O–H groups in total. The Labute approximate surface area is 445 Å². The Bertz CT molecular complexity index is 4010. The van der Waals surface area contributed by atoms with Crippen molar-refractivity contribution in [3.63, 3.8) is 0 Å². The highest BCUT2D eigenvalue weighted by molar-refractivity contribution is 6.12. The molecule has 0 spiro atoms. The van der Waals surface area contributed by atoms with Gasteiger partial charge in [-0.2, -0.15) is 21.0 Å². The summed E-state index contributed by atoms with van der Waals surface area (Å²) < 4.78 is 2.07. The van der Waals surface area contributed by atoms with Crippen LogP contribution in [0.4, 0.5) is 34.1 Å². The van der Waals surface area contributed by atoms with Gasteiger partial charge in [0.2, 0.25) is 0 Å². The van der Waals surface area contributed by atoms with Crippen molar-refractivity contribution >= 4 is 55.9 Å². The molecule has 2 heterocycles. The van der Waals surface area contributed by atoms with Crippen molar-refractivity contribution < 1.29 is 0 Å². The summed E-state index contributed by atoms with van der Waals surface area (Å²) >= 11 is 0. The van der Waals surface area contributed by atoms with Gasteiger partial charge in [0, 0.05) is 61.6 Å². The smallest absolute Gasteiger partial charge is 0.160 e. The second-order valence-electron chi connectivity index (χ2n) is 18.3. The van der Waals surface area contributed by atoms with E-state index in [9.17, 15) is 21.0 Å². The molecule has 358 valence electrons. The summed E-state index contributed by atoms with van der Waals surface area (Å²) in [6.45, 7) is 0. The highest BCUT2D eigenvalue weighted by Crippen LogP contribution is 2.44. The highest BCUT2D eigenvalue weighted by Gasteiger charge is 2.24. The van der Waals surface area contributed by atoms with E-state index < -0.39 is 0 Å². The molecule has 0 aliphatic rings. The van der Waals surface area contributed by atoms with Gasteiger partial charge in [-0.15, -0.1) is 0 Å². The van der Waals surface area contributed by atoms with E-state index in [2.05, 4.69) is 124 Å². The molecule has 9 heteroatoms. The predicted octanol–water partition coefficient (Wildman–Crippen LogP) is 16.7. The van der Waals surface area contributed by atoms with Crippen LogP contribution in [0, 0.1) is 45.3 Å². The van der Waals surface area contributed by atoms with Crippen molar-refractivity contribution in [2.24, 2.45) is 0 Å². The van der Waals surface area contributed by atoms with E-state index >= 15 is 0 Å². The van der Waals surface area contributed by atoms with Gasteiger partial charge >= 0.3 is 0 Å². The van der Waals surface area contributed by atoms with Crippen molar-refractivity contribution in [2.75, 3.05) is 9.80 Å². The van der Waals surface area contributed by atoms with Gasteiger partial charge in [0.15, 0.2) is 5.82 Å². The number of anilines is 6. The predicted molar refractivity (Wildman–Crippen MR) is 306 cm³/mol. The minimum atomic E-state index is 0.343. The van der Waals surface area contributed by atoms with E-state index in [1.54, 1.807) is 24.3 Å². The number of aromatic nitrogens is 3. The van der Waals surface area contributed by atoms with Crippen LogP contribution in [0.15, 0.2) is 249 Å². The Hall–Kier alpha value is -11.4. The molecule has 0 unspecified atom stereocenters. The summed E-state index contributed by atoms with van der Waals surface area (Å²) in [5.41, 5.74) is 15.1. The Kier molecular flexibility index (Phi) is 12.3. The van der Waals surface area contributed by atoms with Gasteiger partial charge in [-0.3, -0.25) is 0 Å². The molecule has 0 radical (unpaired) electrons. The normalized spacial score (nSPS) is 10.8. The molecule has 0 saturated carbocycles. The van der Waals surface area contributed by atoms with Crippen LogP contribution >= 0.6 is 0 Å². The van der Waals surface area contributed by atoms with Gasteiger partial charge < -0.3 is 14.4 Å².